The van der Waals surface area contributed by atoms with E-state index in [0.717, 1.165) is 60.9 Å². The van der Waals surface area contributed by atoms with Gasteiger partial charge in [-0.25, -0.2) is 9.37 Å². The summed E-state index contributed by atoms with van der Waals surface area (Å²) < 4.78 is 15.7. The van der Waals surface area contributed by atoms with Crippen molar-refractivity contribution in [2.45, 2.75) is 26.8 Å². The maximum absolute atomic E-state index is 14.5. The highest BCUT2D eigenvalue weighted by Crippen LogP contribution is 2.28. The van der Waals surface area contributed by atoms with Gasteiger partial charge in [0.25, 0.3) is 0 Å². The van der Waals surface area contributed by atoms with Crippen LogP contribution in [0, 0.1) is 23.1 Å². The van der Waals surface area contributed by atoms with Crippen molar-refractivity contribution in [2.75, 3.05) is 31.1 Å². The lowest BCUT2D eigenvalue weighted by Gasteiger charge is -2.36. The van der Waals surface area contributed by atoms with Crippen molar-refractivity contribution in [1.29, 1.82) is 5.26 Å². The molecule has 0 bridgehead atoms. The van der Waals surface area contributed by atoms with Crippen LogP contribution in [-0.4, -0.2) is 36.1 Å². The molecule has 0 N–H and O–H groups in total. The van der Waals surface area contributed by atoms with Gasteiger partial charge in [-0.15, -0.1) is 11.3 Å². The lowest BCUT2D eigenvalue weighted by atomic mass is 9.99. The van der Waals surface area contributed by atoms with Gasteiger partial charge < -0.3 is 4.90 Å². The number of nitrogens with zero attached hydrogens (tertiary/aromatic N) is 4. The molecule has 0 saturated carbocycles. The number of piperazine rings is 1. The quantitative estimate of drug-likeness (QED) is 0.607. The zero-order valence-corrected chi connectivity index (χ0v) is 17.7. The molecule has 1 saturated heterocycles. The van der Waals surface area contributed by atoms with E-state index in [2.05, 4.69) is 41.8 Å². The molecule has 0 atom stereocenters. The number of anilines is 1. The third-order valence-electron chi connectivity index (χ3n) is 5.29. The summed E-state index contributed by atoms with van der Waals surface area (Å²) in [4.78, 5) is 9.27. The second-order valence-electron chi connectivity index (χ2n) is 8.02. The Kier molecular flexibility index (Phi) is 5.79. The summed E-state index contributed by atoms with van der Waals surface area (Å²) in [5.41, 5.74) is 2.92. The molecule has 0 amide bonds. The normalized spacial score (nSPS) is 15.2. The molecule has 0 spiro atoms. The van der Waals surface area contributed by atoms with E-state index in [9.17, 15) is 9.65 Å². The Bertz CT molecular complexity index is 1010. The number of hydrogen-bond donors (Lipinski definition) is 0. The molecule has 2 aromatic carbocycles. The van der Waals surface area contributed by atoms with Gasteiger partial charge >= 0.3 is 0 Å². The predicted molar refractivity (Wildman–Crippen MR) is 117 cm³/mol. The van der Waals surface area contributed by atoms with E-state index in [1.165, 1.54) is 10.8 Å². The first-order valence-corrected chi connectivity index (χ1v) is 10.9. The molecule has 3 aromatic rings. The fourth-order valence-electron chi connectivity index (χ4n) is 3.92. The van der Waals surface area contributed by atoms with Gasteiger partial charge in [-0.1, -0.05) is 26.0 Å². The summed E-state index contributed by atoms with van der Waals surface area (Å²) >= 11 is 1.74. The van der Waals surface area contributed by atoms with Crippen LogP contribution in [0.25, 0.3) is 10.2 Å². The van der Waals surface area contributed by atoms with Crippen LogP contribution in [0.2, 0.25) is 0 Å². The monoisotopic (exact) mass is 408 g/mol. The topological polar surface area (TPSA) is 43.2 Å². The number of rotatable bonds is 5. The summed E-state index contributed by atoms with van der Waals surface area (Å²) in [6, 6.07) is 13.8. The van der Waals surface area contributed by atoms with Gasteiger partial charge in [-0.2, -0.15) is 5.26 Å². The number of nitriles is 1. The molecule has 0 unspecified atom stereocenters. The lowest BCUT2D eigenvalue weighted by Crippen LogP contribution is -2.46. The van der Waals surface area contributed by atoms with Gasteiger partial charge in [-0.3, -0.25) is 4.90 Å². The van der Waals surface area contributed by atoms with E-state index in [1.54, 1.807) is 11.3 Å². The van der Waals surface area contributed by atoms with Gasteiger partial charge in [0.15, 0.2) is 0 Å². The van der Waals surface area contributed by atoms with E-state index < -0.39 is 5.82 Å². The molecule has 4 nitrogen and oxygen atoms in total. The van der Waals surface area contributed by atoms with Crippen LogP contribution in [-0.2, 0) is 13.0 Å². The number of halogens is 1. The van der Waals surface area contributed by atoms with Crippen molar-refractivity contribution in [2.24, 2.45) is 5.92 Å². The Balaban J connectivity index is 1.46. The molecule has 29 heavy (non-hydrogen) atoms. The van der Waals surface area contributed by atoms with Crippen LogP contribution in [0.1, 0.15) is 30.0 Å². The molecule has 0 radical (unpaired) electrons. The van der Waals surface area contributed by atoms with Crippen LogP contribution in [0.3, 0.4) is 0 Å². The van der Waals surface area contributed by atoms with Crippen LogP contribution in [0.4, 0.5) is 10.1 Å². The number of hydrogen-bond acceptors (Lipinski definition) is 5. The van der Waals surface area contributed by atoms with Gasteiger partial charge in [0.1, 0.15) is 22.5 Å². The molecule has 2 heterocycles. The number of fused-ring (bicyclic) bond motifs is 1. The molecular weight excluding hydrogens is 383 g/mol. The molecule has 1 fully saturated rings. The zero-order chi connectivity index (χ0) is 20.4. The first kappa shape index (κ1) is 19.8. The molecule has 150 valence electrons. The van der Waals surface area contributed by atoms with Crippen molar-refractivity contribution < 1.29 is 4.39 Å². The second-order valence-corrected chi connectivity index (χ2v) is 9.14. The van der Waals surface area contributed by atoms with E-state index in [1.807, 2.05) is 18.2 Å². The smallest absolute Gasteiger partial charge is 0.143 e. The third kappa shape index (κ3) is 4.42. The fraction of sp³-hybridized carbons (Fsp3) is 0.391. The molecule has 4 rings (SSSR count). The summed E-state index contributed by atoms with van der Waals surface area (Å²) in [6.45, 7) is 8.38. The third-order valence-corrected chi connectivity index (χ3v) is 6.32. The SMILES string of the molecule is CC(C)Cc1cc(F)c(C#N)c(N2CCN(Cc3nc4ccccc4s3)CC2)c1. The molecule has 1 aromatic heterocycles. The minimum absolute atomic E-state index is 0.164. The Hall–Kier alpha value is -2.49. The van der Waals surface area contributed by atoms with Crippen LogP contribution >= 0.6 is 11.3 Å². The molecule has 0 aliphatic carbocycles. The molecule has 1 aliphatic heterocycles. The van der Waals surface area contributed by atoms with E-state index in [0.29, 0.717) is 5.92 Å². The highest BCUT2D eigenvalue weighted by molar-refractivity contribution is 7.18. The molecule has 6 heteroatoms. The summed E-state index contributed by atoms with van der Waals surface area (Å²) in [5, 5.41) is 10.6. The number of para-hydroxylation sites is 1. The van der Waals surface area contributed by atoms with Crippen LogP contribution < -0.4 is 4.90 Å². The Morgan fingerprint density at radius 1 is 1.17 bits per heavy atom. The number of aromatic nitrogens is 1. The first-order chi connectivity index (χ1) is 14.0. The first-order valence-electron chi connectivity index (χ1n) is 10.1. The second kappa shape index (κ2) is 8.48. The largest absolute Gasteiger partial charge is 0.368 e. The highest BCUT2D eigenvalue weighted by atomic mass is 32.1. The Labute approximate surface area is 175 Å². The zero-order valence-electron chi connectivity index (χ0n) is 16.9. The fourth-order valence-corrected chi connectivity index (χ4v) is 4.93. The average Bonchev–Trinajstić information content (AvgIpc) is 3.10. The van der Waals surface area contributed by atoms with Gasteiger partial charge in [0.2, 0.25) is 0 Å². The van der Waals surface area contributed by atoms with Gasteiger partial charge in [0.05, 0.1) is 22.4 Å². The summed E-state index contributed by atoms with van der Waals surface area (Å²) in [5.74, 6) is 0.0402. The maximum Gasteiger partial charge on any atom is 0.143 e. The van der Waals surface area contributed by atoms with Crippen LogP contribution in [0.15, 0.2) is 36.4 Å². The standard InChI is InChI=1S/C23H25FN4S/c1-16(2)11-17-12-19(24)18(14-25)21(13-17)28-9-7-27(8-10-28)15-23-26-20-5-3-4-6-22(20)29-23/h3-6,12-13,16H,7-11,15H2,1-2H3. The number of thiazole rings is 1. The highest BCUT2D eigenvalue weighted by Gasteiger charge is 2.22. The predicted octanol–water partition coefficient (Wildman–Crippen LogP) is 4.83. The Morgan fingerprint density at radius 2 is 1.93 bits per heavy atom. The van der Waals surface area contributed by atoms with Crippen LogP contribution in [0.5, 0.6) is 0 Å². The van der Waals surface area contributed by atoms with Gasteiger partial charge in [0, 0.05) is 26.2 Å². The minimum atomic E-state index is -0.405. The van der Waals surface area contributed by atoms with E-state index >= 15 is 0 Å². The van der Waals surface area contributed by atoms with E-state index in [4.69, 9.17) is 4.98 Å². The summed E-state index contributed by atoms with van der Waals surface area (Å²) in [7, 11) is 0. The molecule has 1 aliphatic rings. The Morgan fingerprint density at radius 3 is 2.62 bits per heavy atom. The lowest BCUT2D eigenvalue weighted by molar-refractivity contribution is 0.249. The van der Waals surface area contributed by atoms with Crippen molar-refractivity contribution in [1.82, 2.24) is 9.88 Å². The van der Waals surface area contributed by atoms with E-state index in [-0.39, 0.29) is 5.56 Å². The van der Waals surface area contributed by atoms with Crippen molar-refractivity contribution in [3.05, 3.63) is 58.3 Å². The number of benzene rings is 2. The maximum atomic E-state index is 14.5. The minimum Gasteiger partial charge on any atom is -0.368 e. The van der Waals surface area contributed by atoms with Crippen molar-refractivity contribution in [3.8, 4) is 6.07 Å². The molecular formula is C23H25FN4S. The van der Waals surface area contributed by atoms with Gasteiger partial charge in [-0.05, 0) is 42.2 Å². The summed E-state index contributed by atoms with van der Waals surface area (Å²) in [6.07, 6.45) is 0.813. The average molecular weight is 409 g/mol. The van der Waals surface area contributed by atoms with Crippen molar-refractivity contribution >= 4 is 27.2 Å². The van der Waals surface area contributed by atoms with Crippen molar-refractivity contribution in [3.63, 3.8) is 0 Å².